The fourth-order valence-electron chi connectivity index (χ4n) is 2.55. The highest BCUT2D eigenvalue weighted by molar-refractivity contribution is 7.19. The van der Waals surface area contributed by atoms with Crippen LogP contribution in [0.3, 0.4) is 0 Å². The number of nitrogens with zero attached hydrogens (tertiary/aromatic N) is 1. The average Bonchev–Trinajstić information content (AvgIpc) is 2.74. The standard InChI is InChI=1S/C14H18N2S/c15-13-6-4-5-11-9-12(17-14(11)13)10-16-7-2-1-3-8-16/h4-6,9H,1-3,7-8,10,15H2. The van der Waals surface area contributed by atoms with Crippen molar-refractivity contribution in [3.05, 3.63) is 29.1 Å². The third-order valence-corrected chi connectivity index (χ3v) is 4.64. The molecule has 2 heterocycles. The number of hydrogen-bond acceptors (Lipinski definition) is 3. The highest BCUT2D eigenvalue weighted by Crippen LogP contribution is 2.31. The Morgan fingerprint density at radius 1 is 1.18 bits per heavy atom. The maximum Gasteiger partial charge on any atom is 0.0575 e. The van der Waals surface area contributed by atoms with Crippen LogP contribution in [0.1, 0.15) is 24.1 Å². The number of nitrogen functional groups attached to an aromatic ring is 1. The number of hydrogen-bond donors (Lipinski definition) is 1. The molecule has 0 bridgehead atoms. The molecule has 0 saturated carbocycles. The first-order valence-corrected chi connectivity index (χ1v) is 7.14. The van der Waals surface area contributed by atoms with Crippen molar-refractivity contribution < 1.29 is 0 Å². The quantitative estimate of drug-likeness (QED) is 0.822. The van der Waals surface area contributed by atoms with Crippen LogP contribution in [0.15, 0.2) is 24.3 Å². The largest absolute Gasteiger partial charge is 0.398 e. The lowest BCUT2D eigenvalue weighted by Crippen LogP contribution is -2.28. The molecule has 0 radical (unpaired) electrons. The Kier molecular flexibility index (Phi) is 3.04. The second-order valence-corrected chi connectivity index (χ2v) is 5.95. The SMILES string of the molecule is Nc1cccc2cc(CN3CCCCC3)sc12. The Balaban J connectivity index is 1.83. The van der Waals surface area contributed by atoms with Gasteiger partial charge in [0, 0.05) is 17.1 Å². The molecule has 2 nitrogen and oxygen atoms in total. The molecule has 2 aromatic rings. The zero-order chi connectivity index (χ0) is 11.7. The van der Waals surface area contributed by atoms with Gasteiger partial charge in [-0.25, -0.2) is 0 Å². The van der Waals surface area contributed by atoms with E-state index in [0.717, 1.165) is 12.2 Å². The normalized spacial score (nSPS) is 17.6. The fourth-order valence-corrected chi connectivity index (χ4v) is 3.68. The van der Waals surface area contributed by atoms with E-state index in [9.17, 15) is 0 Å². The van der Waals surface area contributed by atoms with Gasteiger partial charge in [-0.2, -0.15) is 0 Å². The molecule has 0 amide bonds. The molecule has 3 rings (SSSR count). The highest BCUT2D eigenvalue weighted by atomic mass is 32.1. The molecule has 1 aromatic heterocycles. The van der Waals surface area contributed by atoms with Gasteiger partial charge in [-0.15, -0.1) is 11.3 Å². The van der Waals surface area contributed by atoms with E-state index in [-0.39, 0.29) is 0 Å². The van der Waals surface area contributed by atoms with Crippen molar-refractivity contribution in [1.29, 1.82) is 0 Å². The summed E-state index contributed by atoms with van der Waals surface area (Å²) in [6.07, 6.45) is 4.11. The van der Waals surface area contributed by atoms with Gasteiger partial charge in [-0.05, 0) is 43.5 Å². The molecule has 90 valence electrons. The smallest absolute Gasteiger partial charge is 0.0575 e. The van der Waals surface area contributed by atoms with Crippen molar-refractivity contribution in [2.24, 2.45) is 0 Å². The number of rotatable bonds is 2. The van der Waals surface area contributed by atoms with E-state index in [1.165, 1.54) is 47.3 Å². The summed E-state index contributed by atoms with van der Waals surface area (Å²) >= 11 is 1.85. The maximum absolute atomic E-state index is 6.00. The number of piperidine rings is 1. The number of benzene rings is 1. The summed E-state index contributed by atoms with van der Waals surface area (Å²) in [5.41, 5.74) is 6.91. The summed E-state index contributed by atoms with van der Waals surface area (Å²) in [5.74, 6) is 0. The predicted molar refractivity (Wildman–Crippen MR) is 75.4 cm³/mol. The average molecular weight is 246 g/mol. The summed E-state index contributed by atoms with van der Waals surface area (Å²) in [6.45, 7) is 3.60. The predicted octanol–water partition coefficient (Wildman–Crippen LogP) is 3.47. The maximum atomic E-state index is 6.00. The van der Waals surface area contributed by atoms with Gasteiger partial charge < -0.3 is 5.73 Å². The number of anilines is 1. The van der Waals surface area contributed by atoms with E-state index in [0.29, 0.717) is 0 Å². The second kappa shape index (κ2) is 4.67. The highest BCUT2D eigenvalue weighted by Gasteiger charge is 2.12. The Morgan fingerprint density at radius 3 is 2.76 bits per heavy atom. The summed E-state index contributed by atoms with van der Waals surface area (Å²) in [4.78, 5) is 4.00. The van der Waals surface area contributed by atoms with Crippen LogP contribution in [0.4, 0.5) is 5.69 Å². The van der Waals surface area contributed by atoms with Gasteiger partial charge in [0.1, 0.15) is 0 Å². The van der Waals surface area contributed by atoms with Crippen molar-refractivity contribution in [3.8, 4) is 0 Å². The van der Waals surface area contributed by atoms with Crippen LogP contribution in [0.5, 0.6) is 0 Å². The van der Waals surface area contributed by atoms with Crippen molar-refractivity contribution in [2.75, 3.05) is 18.8 Å². The summed E-state index contributed by atoms with van der Waals surface area (Å²) < 4.78 is 1.25. The third-order valence-electron chi connectivity index (χ3n) is 3.45. The second-order valence-electron chi connectivity index (χ2n) is 4.82. The monoisotopic (exact) mass is 246 g/mol. The molecule has 1 fully saturated rings. The molecule has 1 aliphatic heterocycles. The molecule has 0 atom stereocenters. The van der Waals surface area contributed by atoms with Crippen LogP contribution in [0.2, 0.25) is 0 Å². The van der Waals surface area contributed by atoms with E-state index in [2.05, 4.69) is 17.0 Å². The summed E-state index contributed by atoms with van der Waals surface area (Å²) in [5, 5.41) is 1.29. The molecule has 0 unspecified atom stereocenters. The zero-order valence-corrected chi connectivity index (χ0v) is 10.8. The molecule has 3 heteroatoms. The summed E-state index contributed by atoms with van der Waals surface area (Å²) in [6, 6.07) is 8.48. The molecule has 0 spiro atoms. The van der Waals surface area contributed by atoms with Gasteiger partial charge in [0.05, 0.1) is 4.70 Å². The van der Waals surface area contributed by atoms with Gasteiger partial charge in [0.25, 0.3) is 0 Å². The number of likely N-dealkylation sites (tertiary alicyclic amines) is 1. The number of thiophene rings is 1. The van der Waals surface area contributed by atoms with Crippen molar-refractivity contribution in [2.45, 2.75) is 25.8 Å². The Labute approximate surface area is 106 Å². The van der Waals surface area contributed by atoms with Gasteiger partial charge in [0.15, 0.2) is 0 Å². The van der Waals surface area contributed by atoms with Gasteiger partial charge >= 0.3 is 0 Å². The van der Waals surface area contributed by atoms with Crippen molar-refractivity contribution >= 4 is 27.1 Å². The van der Waals surface area contributed by atoms with Crippen LogP contribution in [0, 0.1) is 0 Å². The Morgan fingerprint density at radius 2 is 2.00 bits per heavy atom. The minimum Gasteiger partial charge on any atom is -0.398 e. The lowest BCUT2D eigenvalue weighted by molar-refractivity contribution is 0.223. The van der Waals surface area contributed by atoms with Crippen LogP contribution >= 0.6 is 11.3 Å². The molecule has 2 N–H and O–H groups in total. The molecule has 1 aromatic carbocycles. The minimum absolute atomic E-state index is 0.914. The first-order valence-electron chi connectivity index (χ1n) is 6.32. The first kappa shape index (κ1) is 11.1. The van der Waals surface area contributed by atoms with E-state index < -0.39 is 0 Å². The zero-order valence-electron chi connectivity index (χ0n) is 9.98. The number of nitrogens with two attached hydrogens (primary N) is 1. The third kappa shape index (κ3) is 2.31. The first-order chi connectivity index (χ1) is 8.33. The molecular formula is C14H18N2S. The van der Waals surface area contributed by atoms with E-state index in [1.54, 1.807) is 0 Å². The number of fused-ring (bicyclic) bond motifs is 1. The molecule has 1 saturated heterocycles. The topological polar surface area (TPSA) is 29.3 Å². The molecule has 0 aliphatic carbocycles. The van der Waals surface area contributed by atoms with Crippen molar-refractivity contribution in [1.82, 2.24) is 4.90 Å². The fraction of sp³-hybridized carbons (Fsp3) is 0.429. The van der Waals surface area contributed by atoms with Gasteiger partial charge in [0.2, 0.25) is 0 Å². The van der Waals surface area contributed by atoms with Crippen LogP contribution < -0.4 is 5.73 Å². The minimum atomic E-state index is 0.914. The summed E-state index contributed by atoms with van der Waals surface area (Å²) in [7, 11) is 0. The van der Waals surface area contributed by atoms with Crippen LogP contribution in [-0.4, -0.2) is 18.0 Å². The lowest BCUT2D eigenvalue weighted by atomic mass is 10.1. The van der Waals surface area contributed by atoms with Crippen LogP contribution in [0.25, 0.3) is 10.1 Å². The van der Waals surface area contributed by atoms with Gasteiger partial charge in [-0.1, -0.05) is 18.6 Å². The van der Waals surface area contributed by atoms with Crippen LogP contribution in [-0.2, 0) is 6.54 Å². The lowest BCUT2D eigenvalue weighted by Gasteiger charge is -2.25. The van der Waals surface area contributed by atoms with E-state index in [1.807, 2.05) is 23.5 Å². The molecule has 17 heavy (non-hydrogen) atoms. The Bertz CT molecular complexity index is 512. The Hall–Kier alpha value is -1.06. The van der Waals surface area contributed by atoms with Crippen molar-refractivity contribution in [3.63, 3.8) is 0 Å². The van der Waals surface area contributed by atoms with Gasteiger partial charge in [-0.3, -0.25) is 4.90 Å². The van der Waals surface area contributed by atoms with E-state index in [4.69, 9.17) is 5.73 Å². The molecular weight excluding hydrogens is 228 g/mol. The van der Waals surface area contributed by atoms with E-state index >= 15 is 0 Å². The molecule has 1 aliphatic rings.